The van der Waals surface area contributed by atoms with Crippen LogP contribution in [0.25, 0.3) is 0 Å². The number of rotatable bonds is 4. The summed E-state index contributed by atoms with van der Waals surface area (Å²) in [4.78, 5) is 23.1. The Morgan fingerprint density at radius 1 is 1.10 bits per heavy atom. The first kappa shape index (κ1) is 14.8. The lowest BCUT2D eigenvalue weighted by Crippen LogP contribution is -2.15. The molecule has 0 bridgehead atoms. The van der Waals surface area contributed by atoms with E-state index in [-0.39, 0.29) is 17.8 Å². The van der Waals surface area contributed by atoms with Crippen LogP contribution in [-0.2, 0) is 11.2 Å². The largest absolute Gasteiger partial charge is 0.326 e. The molecule has 2 aromatic rings. The highest BCUT2D eigenvalue weighted by Crippen LogP contribution is 2.14. The van der Waals surface area contributed by atoms with Crippen molar-refractivity contribution in [1.29, 1.82) is 0 Å². The standard InChI is InChI=1S/C16H13F2NO2/c1-10(20)11-4-2-6-13(8-11)19-15(21)9-12-5-3-7-14(17)16(12)18/h2-8H,9H2,1H3,(H,19,21). The van der Waals surface area contributed by atoms with Crippen molar-refractivity contribution >= 4 is 17.4 Å². The molecular weight excluding hydrogens is 276 g/mol. The predicted octanol–water partition coefficient (Wildman–Crippen LogP) is 3.35. The second kappa shape index (κ2) is 6.26. The number of nitrogens with one attached hydrogen (secondary N) is 1. The summed E-state index contributed by atoms with van der Waals surface area (Å²) in [5, 5.41) is 2.55. The van der Waals surface area contributed by atoms with Gasteiger partial charge in [-0.1, -0.05) is 24.3 Å². The van der Waals surface area contributed by atoms with Crippen LogP contribution in [0.3, 0.4) is 0 Å². The van der Waals surface area contributed by atoms with Crippen molar-refractivity contribution in [3.63, 3.8) is 0 Å². The van der Waals surface area contributed by atoms with Gasteiger partial charge in [0.15, 0.2) is 17.4 Å². The van der Waals surface area contributed by atoms with Gasteiger partial charge in [-0.2, -0.15) is 0 Å². The minimum Gasteiger partial charge on any atom is -0.326 e. The van der Waals surface area contributed by atoms with Crippen LogP contribution in [0.5, 0.6) is 0 Å². The van der Waals surface area contributed by atoms with Crippen LogP contribution < -0.4 is 5.32 Å². The quantitative estimate of drug-likeness (QED) is 0.877. The van der Waals surface area contributed by atoms with E-state index in [0.29, 0.717) is 11.3 Å². The van der Waals surface area contributed by atoms with Gasteiger partial charge in [-0.25, -0.2) is 8.78 Å². The van der Waals surface area contributed by atoms with E-state index in [1.165, 1.54) is 25.1 Å². The number of benzene rings is 2. The number of Topliss-reactive ketones (excluding diaryl/α,β-unsaturated/α-hetero) is 1. The molecule has 5 heteroatoms. The van der Waals surface area contributed by atoms with Crippen LogP contribution in [0, 0.1) is 11.6 Å². The Balaban J connectivity index is 2.10. The van der Waals surface area contributed by atoms with Crippen LogP contribution in [0.1, 0.15) is 22.8 Å². The Kier molecular flexibility index (Phi) is 4.42. The number of hydrogen-bond donors (Lipinski definition) is 1. The Morgan fingerprint density at radius 2 is 1.81 bits per heavy atom. The molecule has 2 rings (SSSR count). The molecule has 1 amide bonds. The van der Waals surface area contributed by atoms with Gasteiger partial charge in [0.05, 0.1) is 6.42 Å². The summed E-state index contributed by atoms with van der Waals surface area (Å²) in [5.41, 5.74) is 0.879. The summed E-state index contributed by atoms with van der Waals surface area (Å²) in [6, 6.07) is 10.1. The molecule has 0 aliphatic rings. The molecular formula is C16H13F2NO2. The minimum absolute atomic E-state index is 0.0183. The number of anilines is 1. The molecule has 0 saturated heterocycles. The van der Waals surface area contributed by atoms with Gasteiger partial charge < -0.3 is 5.32 Å². The Morgan fingerprint density at radius 3 is 2.52 bits per heavy atom. The molecule has 0 spiro atoms. The fraction of sp³-hybridized carbons (Fsp3) is 0.125. The van der Waals surface area contributed by atoms with Crippen molar-refractivity contribution in [1.82, 2.24) is 0 Å². The van der Waals surface area contributed by atoms with E-state index in [1.807, 2.05) is 0 Å². The van der Waals surface area contributed by atoms with Crippen molar-refractivity contribution in [2.75, 3.05) is 5.32 Å². The summed E-state index contributed by atoms with van der Waals surface area (Å²) < 4.78 is 26.5. The second-order valence-corrected chi connectivity index (χ2v) is 4.57. The van der Waals surface area contributed by atoms with Gasteiger partial charge in [0.2, 0.25) is 5.91 Å². The average molecular weight is 289 g/mol. The molecule has 0 radical (unpaired) electrons. The van der Waals surface area contributed by atoms with Crippen LogP contribution in [0.15, 0.2) is 42.5 Å². The molecule has 3 nitrogen and oxygen atoms in total. The topological polar surface area (TPSA) is 46.2 Å². The molecule has 0 fully saturated rings. The number of hydrogen-bond acceptors (Lipinski definition) is 2. The summed E-state index contributed by atoms with van der Waals surface area (Å²) in [7, 11) is 0. The van der Waals surface area contributed by atoms with Gasteiger partial charge in [0.1, 0.15) is 0 Å². The van der Waals surface area contributed by atoms with Gasteiger partial charge in [-0.3, -0.25) is 9.59 Å². The first-order chi connectivity index (χ1) is 9.97. The van der Waals surface area contributed by atoms with Gasteiger partial charge in [0.25, 0.3) is 0 Å². The number of halogens is 2. The highest BCUT2D eigenvalue weighted by molar-refractivity contribution is 5.97. The highest BCUT2D eigenvalue weighted by atomic mass is 19.2. The van der Waals surface area contributed by atoms with Gasteiger partial charge in [-0.05, 0) is 25.1 Å². The molecule has 0 aliphatic heterocycles. The fourth-order valence-electron chi connectivity index (χ4n) is 1.88. The van der Waals surface area contributed by atoms with Gasteiger partial charge in [0, 0.05) is 16.8 Å². The summed E-state index contributed by atoms with van der Waals surface area (Å²) in [6.45, 7) is 1.42. The molecule has 0 heterocycles. The van der Waals surface area contributed by atoms with E-state index in [1.54, 1.807) is 18.2 Å². The average Bonchev–Trinajstić information content (AvgIpc) is 2.44. The SMILES string of the molecule is CC(=O)c1cccc(NC(=O)Cc2cccc(F)c2F)c1. The lowest BCUT2D eigenvalue weighted by molar-refractivity contribution is -0.115. The molecule has 0 unspecified atom stereocenters. The Labute approximate surface area is 120 Å². The van der Waals surface area contributed by atoms with E-state index in [9.17, 15) is 18.4 Å². The van der Waals surface area contributed by atoms with Crippen LogP contribution in [0.2, 0.25) is 0 Å². The maximum Gasteiger partial charge on any atom is 0.228 e. The summed E-state index contributed by atoms with van der Waals surface area (Å²) in [6.07, 6.45) is -0.284. The van der Waals surface area contributed by atoms with E-state index in [0.717, 1.165) is 6.07 Å². The van der Waals surface area contributed by atoms with E-state index >= 15 is 0 Å². The van der Waals surface area contributed by atoms with Crippen LogP contribution >= 0.6 is 0 Å². The predicted molar refractivity (Wildman–Crippen MR) is 75.1 cm³/mol. The number of ketones is 1. The zero-order chi connectivity index (χ0) is 15.4. The third-order valence-electron chi connectivity index (χ3n) is 2.94. The fourth-order valence-corrected chi connectivity index (χ4v) is 1.88. The maximum absolute atomic E-state index is 13.5. The van der Waals surface area contributed by atoms with Crippen LogP contribution in [0.4, 0.5) is 14.5 Å². The van der Waals surface area contributed by atoms with E-state index in [4.69, 9.17) is 0 Å². The zero-order valence-corrected chi connectivity index (χ0v) is 11.3. The molecule has 1 N–H and O–H groups in total. The third kappa shape index (κ3) is 3.72. The van der Waals surface area contributed by atoms with Crippen LogP contribution in [-0.4, -0.2) is 11.7 Å². The smallest absolute Gasteiger partial charge is 0.228 e. The Hall–Kier alpha value is -2.56. The second-order valence-electron chi connectivity index (χ2n) is 4.57. The molecule has 0 saturated carbocycles. The third-order valence-corrected chi connectivity index (χ3v) is 2.94. The molecule has 108 valence electrons. The molecule has 2 aromatic carbocycles. The minimum atomic E-state index is -1.02. The Bertz CT molecular complexity index is 698. The lowest BCUT2D eigenvalue weighted by Gasteiger charge is -2.07. The normalized spacial score (nSPS) is 10.2. The summed E-state index contributed by atoms with van der Waals surface area (Å²) >= 11 is 0. The first-order valence-corrected chi connectivity index (χ1v) is 6.31. The van der Waals surface area contributed by atoms with Gasteiger partial charge in [-0.15, -0.1) is 0 Å². The van der Waals surface area contributed by atoms with Crippen molar-refractivity contribution in [3.8, 4) is 0 Å². The molecule has 0 aliphatic carbocycles. The first-order valence-electron chi connectivity index (χ1n) is 6.31. The molecule has 0 atom stereocenters. The number of carbonyl (C=O) groups is 2. The van der Waals surface area contributed by atoms with E-state index < -0.39 is 17.5 Å². The summed E-state index contributed by atoms with van der Waals surface area (Å²) in [5.74, 6) is -2.62. The molecule has 0 aromatic heterocycles. The monoisotopic (exact) mass is 289 g/mol. The number of carbonyl (C=O) groups excluding carboxylic acids is 2. The van der Waals surface area contributed by atoms with Crippen molar-refractivity contribution in [2.24, 2.45) is 0 Å². The highest BCUT2D eigenvalue weighted by Gasteiger charge is 2.12. The number of amides is 1. The van der Waals surface area contributed by atoms with Crippen molar-refractivity contribution < 1.29 is 18.4 Å². The van der Waals surface area contributed by atoms with Crippen molar-refractivity contribution in [2.45, 2.75) is 13.3 Å². The van der Waals surface area contributed by atoms with Crippen molar-refractivity contribution in [3.05, 3.63) is 65.2 Å². The maximum atomic E-state index is 13.5. The lowest BCUT2D eigenvalue weighted by atomic mass is 10.1. The van der Waals surface area contributed by atoms with Gasteiger partial charge >= 0.3 is 0 Å². The molecule has 21 heavy (non-hydrogen) atoms. The van der Waals surface area contributed by atoms with E-state index in [2.05, 4.69) is 5.32 Å². The zero-order valence-electron chi connectivity index (χ0n) is 11.3.